The Morgan fingerprint density at radius 1 is 1.20 bits per heavy atom. The van der Waals surface area contributed by atoms with Crippen LogP contribution in [0.15, 0.2) is 18.2 Å². The highest BCUT2D eigenvalue weighted by Crippen LogP contribution is 2.55. The molecule has 0 spiro atoms. The third-order valence-corrected chi connectivity index (χ3v) is 4.95. The molecule has 2 fully saturated rings. The molecule has 1 nitrogen and oxygen atoms in total. The maximum atomic E-state index is 13.8. The van der Waals surface area contributed by atoms with Crippen molar-refractivity contribution in [3.05, 3.63) is 35.4 Å². The van der Waals surface area contributed by atoms with Crippen molar-refractivity contribution in [3.8, 4) is 0 Å². The average Bonchev–Trinajstić information content (AvgIpc) is 3.05. The number of benzene rings is 1. The Kier molecular flexibility index (Phi) is 4.06. The molecule has 0 amide bonds. The van der Waals surface area contributed by atoms with Crippen LogP contribution < -0.4 is 5.32 Å². The standard InChI is InChI=1S/C17H23F2N/c1-2-5-20-17(14-7-11-6-12(11)8-14)10-13-9-15(18)3-4-16(13)19/h3-4,9,11-12,14,17,20H,2,5-8,10H2,1H3. The van der Waals surface area contributed by atoms with Crippen LogP contribution in [0.25, 0.3) is 0 Å². The van der Waals surface area contributed by atoms with Crippen LogP contribution in [-0.2, 0) is 6.42 Å². The molecule has 20 heavy (non-hydrogen) atoms. The third-order valence-electron chi connectivity index (χ3n) is 4.95. The van der Waals surface area contributed by atoms with E-state index in [1.165, 1.54) is 37.5 Å². The van der Waals surface area contributed by atoms with Crippen molar-refractivity contribution in [1.29, 1.82) is 0 Å². The molecule has 3 atom stereocenters. The fourth-order valence-electron chi connectivity index (χ4n) is 3.76. The second-order valence-electron chi connectivity index (χ2n) is 6.49. The van der Waals surface area contributed by atoms with Crippen molar-refractivity contribution < 1.29 is 8.78 Å². The smallest absolute Gasteiger partial charge is 0.126 e. The summed E-state index contributed by atoms with van der Waals surface area (Å²) in [5.41, 5.74) is 0.513. The van der Waals surface area contributed by atoms with Crippen LogP contribution in [-0.4, -0.2) is 12.6 Å². The first-order valence-electron chi connectivity index (χ1n) is 7.84. The first-order chi connectivity index (χ1) is 9.67. The molecule has 0 aliphatic heterocycles. The van der Waals surface area contributed by atoms with Crippen LogP contribution >= 0.6 is 0 Å². The fourth-order valence-corrected chi connectivity index (χ4v) is 3.76. The summed E-state index contributed by atoms with van der Waals surface area (Å²) in [5.74, 6) is 1.85. The van der Waals surface area contributed by atoms with Crippen molar-refractivity contribution in [1.82, 2.24) is 5.32 Å². The molecule has 1 N–H and O–H groups in total. The molecule has 3 rings (SSSR count). The van der Waals surface area contributed by atoms with Gasteiger partial charge >= 0.3 is 0 Å². The lowest BCUT2D eigenvalue weighted by molar-refractivity contribution is 0.329. The SMILES string of the molecule is CCCNC(Cc1cc(F)ccc1F)C1CC2CC2C1. The van der Waals surface area contributed by atoms with Gasteiger partial charge in [0.25, 0.3) is 0 Å². The molecule has 1 aromatic rings. The molecule has 110 valence electrons. The first kappa shape index (κ1) is 14.0. The van der Waals surface area contributed by atoms with E-state index >= 15 is 0 Å². The fraction of sp³-hybridized carbons (Fsp3) is 0.647. The maximum Gasteiger partial charge on any atom is 0.126 e. The van der Waals surface area contributed by atoms with E-state index in [2.05, 4.69) is 12.2 Å². The molecule has 0 bridgehead atoms. The number of hydrogen-bond acceptors (Lipinski definition) is 1. The van der Waals surface area contributed by atoms with Gasteiger partial charge in [0.2, 0.25) is 0 Å². The predicted molar refractivity (Wildman–Crippen MR) is 76.5 cm³/mol. The molecular formula is C17H23F2N. The summed E-state index contributed by atoms with van der Waals surface area (Å²) < 4.78 is 27.1. The molecule has 3 heteroatoms. The van der Waals surface area contributed by atoms with Gasteiger partial charge in [0.15, 0.2) is 0 Å². The van der Waals surface area contributed by atoms with Gasteiger partial charge in [0, 0.05) is 6.04 Å². The van der Waals surface area contributed by atoms with Gasteiger partial charge in [0.05, 0.1) is 0 Å². The van der Waals surface area contributed by atoms with Gasteiger partial charge in [0.1, 0.15) is 11.6 Å². The van der Waals surface area contributed by atoms with Crippen molar-refractivity contribution in [2.75, 3.05) is 6.54 Å². The van der Waals surface area contributed by atoms with Crippen LogP contribution in [0, 0.1) is 29.4 Å². The minimum atomic E-state index is -0.343. The summed E-state index contributed by atoms with van der Waals surface area (Å²) in [6.45, 7) is 3.09. The lowest BCUT2D eigenvalue weighted by atomic mass is 9.89. The highest BCUT2D eigenvalue weighted by atomic mass is 19.1. The first-order valence-corrected chi connectivity index (χ1v) is 7.84. The van der Waals surface area contributed by atoms with Crippen LogP contribution in [0.5, 0.6) is 0 Å². The summed E-state index contributed by atoms with van der Waals surface area (Å²) >= 11 is 0. The Bertz CT molecular complexity index is 464. The molecule has 0 radical (unpaired) electrons. The van der Waals surface area contributed by atoms with E-state index in [-0.39, 0.29) is 11.6 Å². The van der Waals surface area contributed by atoms with Crippen LogP contribution in [0.2, 0.25) is 0 Å². The summed E-state index contributed by atoms with van der Waals surface area (Å²) in [7, 11) is 0. The van der Waals surface area contributed by atoms with Gasteiger partial charge in [-0.25, -0.2) is 8.78 Å². The average molecular weight is 279 g/mol. The molecule has 0 aromatic heterocycles. The van der Waals surface area contributed by atoms with Crippen LogP contribution in [0.1, 0.15) is 38.2 Å². The maximum absolute atomic E-state index is 13.8. The summed E-state index contributed by atoms with van der Waals surface area (Å²) in [6, 6.07) is 4.08. The largest absolute Gasteiger partial charge is 0.313 e. The van der Waals surface area contributed by atoms with E-state index in [0.29, 0.717) is 23.9 Å². The molecule has 1 aromatic carbocycles. The van der Waals surface area contributed by atoms with Crippen molar-refractivity contribution in [2.24, 2.45) is 17.8 Å². The molecular weight excluding hydrogens is 256 g/mol. The Morgan fingerprint density at radius 3 is 2.65 bits per heavy atom. The second kappa shape index (κ2) is 5.80. The topological polar surface area (TPSA) is 12.0 Å². The Balaban J connectivity index is 1.69. The predicted octanol–water partition coefficient (Wildman–Crippen LogP) is 3.92. The van der Waals surface area contributed by atoms with Crippen molar-refractivity contribution in [2.45, 2.75) is 45.1 Å². The molecule has 2 aliphatic carbocycles. The quantitative estimate of drug-likeness (QED) is 0.832. The van der Waals surface area contributed by atoms with E-state index in [4.69, 9.17) is 0 Å². The van der Waals surface area contributed by atoms with Crippen LogP contribution in [0.4, 0.5) is 8.78 Å². The summed E-state index contributed by atoms with van der Waals surface area (Å²) in [5, 5.41) is 3.56. The molecule has 2 saturated carbocycles. The molecule has 2 aliphatic rings. The van der Waals surface area contributed by atoms with Gasteiger partial charge in [-0.15, -0.1) is 0 Å². The van der Waals surface area contributed by atoms with Gasteiger partial charge in [-0.2, -0.15) is 0 Å². The summed E-state index contributed by atoms with van der Waals surface area (Å²) in [6.07, 6.45) is 5.60. The summed E-state index contributed by atoms with van der Waals surface area (Å²) in [4.78, 5) is 0. The van der Waals surface area contributed by atoms with Gasteiger partial charge in [-0.3, -0.25) is 0 Å². The van der Waals surface area contributed by atoms with E-state index in [1.54, 1.807) is 0 Å². The highest BCUT2D eigenvalue weighted by molar-refractivity contribution is 5.20. The van der Waals surface area contributed by atoms with Gasteiger partial charge in [-0.05, 0) is 80.2 Å². The van der Waals surface area contributed by atoms with Gasteiger partial charge < -0.3 is 5.32 Å². The second-order valence-corrected chi connectivity index (χ2v) is 6.49. The highest BCUT2D eigenvalue weighted by Gasteiger charge is 2.47. The molecule has 0 saturated heterocycles. The normalized spacial score (nSPS) is 29.2. The molecule has 0 heterocycles. The third kappa shape index (κ3) is 3.03. The minimum Gasteiger partial charge on any atom is -0.313 e. The number of halogens is 2. The van der Waals surface area contributed by atoms with E-state index in [1.807, 2.05) is 0 Å². The number of hydrogen-bond donors (Lipinski definition) is 1. The Labute approximate surface area is 119 Å². The number of fused-ring (bicyclic) bond motifs is 1. The zero-order valence-electron chi connectivity index (χ0n) is 12.0. The minimum absolute atomic E-state index is 0.280. The molecule has 3 unspecified atom stereocenters. The monoisotopic (exact) mass is 279 g/mol. The van der Waals surface area contributed by atoms with Crippen molar-refractivity contribution >= 4 is 0 Å². The number of rotatable bonds is 6. The zero-order valence-corrected chi connectivity index (χ0v) is 12.0. The Hall–Kier alpha value is -0.960. The zero-order chi connectivity index (χ0) is 14.1. The number of nitrogens with one attached hydrogen (secondary N) is 1. The van der Waals surface area contributed by atoms with E-state index in [0.717, 1.165) is 24.8 Å². The van der Waals surface area contributed by atoms with E-state index in [9.17, 15) is 8.78 Å². The Morgan fingerprint density at radius 2 is 1.95 bits per heavy atom. The van der Waals surface area contributed by atoms with Crippen molar-refractivity contribution in [3.63, 3.8) is 0 Å². The lowest BCUT2D eigenvalue weighted by Gasteiger charge is -2.26. The van der Waals surface area contributed by atoms with Crippen LogP contribution in [0.3, 0.4) is 0 Å². The van der Waals surface area contributed by atoms with E-state index < -0.39 is 0 Å². The van der Waals surface area contributed by atoms with Gasteiger partial charge in [-0.1, -0.05) is 6.92 Å². The lowest BCUT2D eigenvalue weighted by Crippen LogP contribution is -2.38.